The maximum Gasteiger partial charge on any atom is 0.246 e. The maximum absolute atomic E-state index is 12.9. The number of carbonyl (C=O) groups excluding carboxylic acids is 1. The van der Waals surface area contributed by atoms with Crippen molar-refractivity contribution in [2.75, 3.05) is 13.1 Å². The van der Waals surface area contributed by atoms with Gasteiger partial charge in [-0.15, -0.1) is 10.2 Å². The highest BCUT2D eigenvalue weighted by atomic mass is 19.1. The molecule has 122 valence electrons. The fraction of sp³-hybridized carbons (Fsp3) is 0.467. The molecule has 1 saturated heterocycles. The van der Waals surface area contributed by atoms with E-state index in [1.807, 2.05) is 0 Å². The van der Waals surface area contributed by atoms with Crippen molar-refractivity contribution in [1.29, 1.82) is 0 Å². The largest absolute Gasteiger partial charge is 0.341 e. The van der Waals surface area contributed by atoms with Gasteiger partial charge in [-0.05, 0) is 48.7 Å². The third-order valence-electron chi connectivity index (χ3n) is 3.96. The highest BCUT2D eigenvalue weighted by molar-refractivity contribution is 5.75. The van der Waals surface area contributed by atoms with Crippen LogP contribution >= 0.6 is 0 Å². The van der Waals surface area contributed by atoms with Gasteiger partial charge in [0, 0.05) is 24.7 Å². The summed E-state index contributed by atoms with van der Waals surface area (Å²) in [5.41, 5.74) is 6.58. The molecule has 2 aromatic rings. The van der Waals surface area contributed by atoms with E-state index in [4.69, 9.17) is 5.73 Å². The fourth-order valence-corrected chi connectivity index (χ4v) is 2.62. The number of hydrogen-bond donors (Lipinski definition) is 1. The van der Waals surface area contributed by atoms with E-state index in [2.05, 4.69) is 15.4 Å². The Bertz CT molecular complexity index is 671. The van der Waals surface area contributed by atoms with E-state index in [0.29, 0.717) is 24.5 Å². The van der Waals surface area contributed by atoms with Gasteiger partial charge in [0.1, 0.15) is 12.4 Å². The number of benzene rings is 1. The number of nitrogens with two attached hydrogens (primary N) is 1. The van der Waals surface area contributed by atoms with E-state index in [-0.39, 0.29) is 24.3 Å². The molecular weight excluding hydrogens is 299 g/mol. The predicted octanol–water partition coefficient (Wildman–Crippen LogP) is 0.819. The molecule has 2 N–H and O–H groups in total. The van der Waals surface area contributed by atoms with Gasteiger partial charge in [-0.3, -0.25) is 4.79 Å². The minimum absolute atomic E-state index is 0.0397. The minimum Gasteiger partial charge on any atom is -0.341 e. The van der Waals surface area contributed by atoms with Gasteiger partial charge in [-0.2, -0.15) is 4.80 Å². The van der Waals surface area contributed by atoms with Crippen molar-refractivity contribution in [2.24, 2.45) is 5.73 Å². The number of carbonyl (C=O) groups is 1. The summed E-state index contributed by atoms with van der Waals surface area (Å²) in [7, 11) is 0. The molecule has 3 rings (SSSR count). The second kappa shape index (κ2) is 6.82. The third-order valence-corrected chi connectivity index (χ3v) is 3.96. The van der Waals surface area contributed by atoms with Crippen LogP contribution in [0.25, 0.3) is 11.4 Å². The molecule has 0 spiro atoms. The molecule has 0 radical (unpaired) electrons. The summed E-state index contributed by atoms with van der Waals surface area (Å²) in [4.78, 5) is 15.4. The number of amides is 1. The SMILES string of the molecule is N[C@H]1CCCN(C(=O)Cn2nnc(-c3ccc(F)cc3)n2)CC1. The summed E-state index contributed by atoms with van der Waals surface area (Å²) in [5, 5.41) is 12.0. The van der Waals surface area contributed by atoms with Gasteiger partial charge in [0.05, 0.1) is 0 Å². The quantitative estimate of drug-likeness (QED) is 0.905. The highest BCUT2D eigenvalue weighted by Gasteiger charge is 2.20. The Morgan fingerprint density at radius 2 is 2.04 bits per heavy atom. The van der Waals surface area contributed by atoms with Crippen LogP contribution in [-0.2, 0) is 11.3 Å². The Labute approximate surface area is 133 Å². The van der Waals surface area contributed by atoms with Crippen molar-refractivity contribution < 1.29 is 9.18 Å². The molecule has 1 amide bonds. The van der Waals surface area contributed by atoms with Crippen LogP contribution in [-0.4, -0.2) is 50.1 Å². The number of tetrazole rings is 1. The number of halogens is 1. The van der Waals surface area contributed by atoms with Crippen LogP contribution in [0.1, 0.15) is 19.3 Å². The molecule has 23 heavy (non-hydrogen) atoms. The number of hydrogen-bond acceptors (Lipinski definition) is 5. The zero-order valence-corrected chi connectivity index (χ0v) is 12.7. The summed E-state index contributed by atoms with van der Waals surface area (Å²) >= 11 is 0. The topological polar surface area (TPSA) is 89.9 Å². The Morgan fingerprint density at radius 1 is 1.26 bits per heavy atom. The van der Waals surface area contributed by atoms with Crippen LogP contribution in [0.2, 0.25) is 0 Å². The molecule has 1 aliphatic rings. The summed E-state index contributed by atoms with van der Waals surface area (Å²) < 4.78 is 12.9. The Morgan fingerprint density at radius 3 is 2.83 bits per heavy atom. The van der Waals surface area contributed by atoms with E-state index in [9.17, 15) is 9.18 Å². The number of likely N-dealkylation sites (tertiary alicyclic amines) is 1. The molecule has 0 unspecified atom stereocenters. The zero-order valence-electron chi connectivity index (χ0n) is 12.7. The molecule has 7 nitrogen and oxygen atoms in total. The number of nitrogens with zero attached hydrogens (tertiary/aromatic N) is 5. The van der Waals surface area contributed by atoms with E-state index >= 15 is 0 Å². The first-order chi connectivity index (χ1) is 11.1. The predicted molar refractivity (Wildman–Crippen MR) is 81.6 cm³/mol. The van der Waals surface area contributed by atoms with Crippen molar-refractivity contribution in [2.45, 2.75) is 31.8 Å². The van der Waals surface area contributed by atoms with Crippen LogP contribution in [0.4, 0.5) is 4.39 Å². The lowest BCUT2D eigenvalue weighted by molar-refractivity contribution is -0.132. The lowest BCUT2D eigenvalue weighted by Gasteiger charge is -2.19. The molecule has 0 bridgehead atoms. The fourth-order valence-electron chi connectivity index (χ4n) is 2.62. The average molecular weight is 318 g/mol. The van der Waals surface area contributed by atoms with Crippen LogP contribution in [0, 0.1) is 5.82 Å². The molecule has 8 heteroatoms. The Balaban J connectivity index is 1.64. The van der Waals surface area contributed by atoms with Crippen molar-refractivity contribution in [1.82, 2.24) is 25.1 Å². The van der Waals surface area contributed by atoms with Crippen LogP contribution in [0.5, 0.6) is 0 Å². The van der Waals surface area contributed by atoms with Crippen molar-refractivity contribution >= 4 is 5.91 Å². The number of aromatic nitrogens is 4. The van der Waals surface area contributed by atoms with Crippen molar-refractivity contribution in [3.63, 3.8) is 0 Å². The maximum atomic E-state index is 12.9. The molecule has 2 heterocycles. The summed E-state index contributed by atoms with van der Waals surface area (Å²) in [6.45, 7) is 1.43. The molecule has 1 aliphatic heterocycles. The first-order valence-electron chi connectivity index (χ1n) is 7.69. The molecule has 0 aliphatic carbocycles. The van der Waals surface area contributed by atoms with Crippen molar-refractivity contribution in [3.05, 3.63) is 30.1 Å². The average Bonchev–Trinajstić information content (AvgIpc) is 2.88. The third kappa shape index (κ3) is 3.89. The highest BCUT2D eigenvalue weighted by Crippen LogP contribution is 2.14. The van der Waals surface area contributed by atoms with E-state index in [1.165, 1.54) is 16.9 Å². The first kappa shape index (κ1) is 15.5. The molecule has 1 fully saturated rings. The van der Waals surface area contributed by atoms with Gasteiger partial charge in [-0.1, -0.05) is 0 Å². The lowest BCUT2D eigenvalue weighted by Crippen LogP contribution is -2.35. The number of rotatable bonds is 3. The van der Waals surface area contributed by atoms with Gasteiger partial charge in [0.25, 0.3) is 0 Å². The smallest absolute Gasteiger partial charge is 0.246 e. The van der Waals surface area contributed by atoms with Crippen LogP contribution in [0.15, 0.2) is 24.3 Å². The van der Waals surface area contributed by atoms with Gasteiger partial charge in [0.15, 0.2) is 0 Å². The van der Waals surface area contributed by atoms with Gasteiger partial charge in [0.2, 0.25) is 11.7 Å². The standard InChI is InChI=1S/C15H19FN6O/c16-12-5-3-11(4-6-12)15-18-20-22(19-15)10-14(23)21-8-1-2-13(17)7-9-21/h3-6,13H,1-2,7-10,17H2/t13-/m0/s1. The second-order valence-corrected chi connectivity index (χ2v) is 5.72. The van der Waals surface area contributed by atoms with Gasteiger partial charge < -0.3 is 10.6 Å². The van der Waals surface area contributed by atoms with Crippen molar-refractivity contribution in [3.8, 4) is 11.4 Å². The van der Waals surface area contributed by atoms with Crippen LogP contribution in [0.3, 0.4) is 0 Å². The summed E-state index contributed by atoms with van der Waals surface area (Å²) in [5.74, 6) is 0.00790. The monoisotopic (exact) mass is 318 g/mol. The second-order valence-electron chi connectivity index (χ2n) is 5.72. The summed E-state index contributed by atoms with van der Waals surface area (Å²) in [6, 6.07) is 5.99. The molecular formula is C15H19FN6O. The van der Waals surface area contributed by atoms with E-state index in [1.54, 1.807) is 17.0 Å². The van der Waals surface area contributed by atoms with E-state index < -0.39 is 0 Å². The molecule has 1 aromatic heterocycles. The lowest BCUT2D eigenvalue weighted by atomic mass is 10.1. The first-order valence-corrected chi connectivity index (χ1v) is 7.69. The zero-order chi connectivity index (χ0) is 16.2. The molecule has 1 aromatic carbocycles. The Kier molecular flexibility index (Phi) is 4.61. The minimum atomic E-state index is -0.323. The molecule has 0 saturated carbocycles. The van der Waals surface area contributed by atoms with Gasteiger partial charge in [-0.25, -0.2) is 4.39 Å². The van der Waals surface area contributed by atoms with Crippen LogP contribution < -0.4 is 5.73 Å². The summed E-state index contributed by atoms with van der Waals surface area (Å²) in [6.07, 6.45) is 2.68. The van der Waals surface area contributed by atoms with Gasteiger partial charge >= 0.3 is 0 Å². The van der Waals surface area contributed by atoms with E-state index in [0.717, 1.165) is 19.3 Å². The Hall–Kier alpha value is -2.35. The normalized spacial score (nSPS) is 18.7. The molecule has 1 atom stereocenters.